The second-order valence-electron chi connectivity index (χ2n) is 4.06. The zero-order chi connectivity index (χ0) is 10.7. The van der Waals surface area contributed by atoms with Gasteiger partial charge in [-0.05, 0) is 49.9 Å². The topological polar surface area (TPSA) is 20.2 Å². The molecule has 1 saturated carbocycles. The van der Waals surface area contributed by atoms with Crippen LogP contribution < -0.4 is 0 Å². The number of thioether (sulfide) groups is 1. The Bertz CT molecular complexity index is 332. The first-order valence-corrected chi connectivity index (χ1v) is 6.24. The molecular formula is C13H16OS. The molecule has 1 fully saturated rings. The lowest BCUT2D eigenvalue weighted by Gasteiger charge is -2.22. The first-order chi connectivity index (χ1) is 7.24. The molecule has 0 amide bonds. The molecular weight excluding hydrogens is 204 g/mol. The molecule has 80 valence electrons. The Morgan fingerprint density at radius 1 is 1.13 bits per heavy atom. The van der Waals surface area contributed by atoms with Gasteiger partial charge in [-0.2, -0.15) is 0 Å². The Morgan fingerprint density at radius 3 is 2.33 bits per heavy atom. The molecule has 0 aromatic heterocycles. The molecule has 0 spiro atoms. The van der Waals surface area contributed by atoms with Crippen LogP contribution in [0.1, 0.15) is 25.7 Å². The molecule has 0 bridgehead atoms. The van der Waals surface area contributed by atoms with Gasteiger partial charge in [0, 0.05) is 10.1 Å². The van der Waals surface area contributed by atoms with Crippen molar-refractivity contribution < 1.29 is 5.11 Å². The van der Waals surface area contributed by atoms with E-state index in [1.165, 1.54) is 36.2 Å². The smallest absolute Gasteiger partial charge is 0.115 e. The molecule has 2 heteroatoms. The van der Waals surface area contributed by atoms with Crippen LogP contribution in [0.2, 0.25) is 0 Å². The summed E-state index contributed by atoms with van der Waals surface area (Å²) in [5.41, 5.74) is 1.40. The summed E-state index contributed by atoms with van der Waals surface area (Å²) in [6, 6.07) is 7.49. The predicted octanol–water partition coefficient (Wildman–Crippen LogP) is 3.98. The average molecular weight is 220 g/mol. The number of benzene rings is 1. The molecule has 1 aromatic carbocycles. The van der Waals surface area contributed by atoms with Gasteiger partial charge in [0.15, 0.2) is 0 Å². The van der Waals surface area contributed by atoms with Crippen LogP contribution in [0.4, 0.5) is 0 Å². The normalized spacial score (nSPS) is 18.0. The van der Waals surface area contributed by atoms with E-state index < -0.39 is 0 Å². The lowest BCUT2D eigenvalue weighted by molar-refractivity contribution is 0.475. The fourth-order valence-electron chi connectivity index (χ4n) is 1.83. The van der Waals surface area contributed by atoms with Gasteiger partial charge in [0.25, 0.3) is 0 Å². The zero-order valence-electron chi connectivity index (χ0n) is 8.78. The van der Waals surface area contributed by atoms with Crippen LogP contribution in [0.15, 0.2) is 41.3 Å². The third-order valence-electron chi connectivity index (χ3n) is 2.78. The number of aromatic hydroxyl groups is 1. The van der Waals surface area contributed by atoms with Gasteiger partial charge < -0.3 is 5.11 Å². The number of hydrogen-bond acceptors (Lipinski definition) is 2. The zero-order valence-corrected chi connectivity index (χ0v) is 9.59. The SMILES string of the molecule is C=C1CCC(Sc2ccc(O)cc2)CC1. The Hall–Kier alpha value is -0.890. The van der Waals surface area contributed by atoms with Crippen molar-refractivity contribution in [1.29, 1.82) is 0 Å². The van der Waals surface area contributed by atoms with Crippen molar-refractivity contribution in [2.24, 2.45) is 0 Å². The molecule has 1 nitrogen and oxygen atoms in total. The largest absolute Gasteiger partial charge is 0.508 e. The van der Waals surface area contributed by atoms with Gasteiger partial charge in [-0.25, -0.2) is 0 Å². The first-order valence-electron chi connectivity index (χ1n) is 5.36. The van der Waals surface area contributed by atoms with Crippen molar-refractivity contribution in [3.8, 4) is 5.75 Å². The van der Waals surface area contributed by atoms with Crippen molar-refractivity contribution in [1.82, 2.24) is 0 Å². The quantitative estimate of drug-likeness (QED) is 0.761. The highest BCUT2D eigenvalue weighted by molar-refractivity contribution is 8.00. The fraction of sp³-hybridized carbons (Fsp3) is 0.385. The predicted molar refractivity (Wildman–Crippen MR) is 65.4 cm³/mol. The molecule has 1 aliphatic carbocycles. The minimum absolute atomic E-state index is 0.344. The summed E-state index contributed by atoms with van der Waals surface area (Å²) >= 11 is 1.92. The van der Waals surface area contributed by atoms with Gasteiger partial charge in [0.1, 0.15) is 5.75 Å². The van der Waals surface area contributed by atoms with Gasteiger partial charge in [0.2, 0.25) is 0 Å². The molecule has 0 saturated heterocycles. The van der Waals surface area contributed by atoms with E-state index in [-0.39, 0.29) is 0 Å². The van der Waals surface area contributed by atoms with Crippen molar-refractivity contribution >= 4 is 11.8 Å². The molecule has 0 atom stereocenters. The highest BCUT2D eigenvalue weighted by Crippen LogP contribution is 2.35. The highest BCUT2D eigenvalue weighted by Gasteiger charge is 2.16. The molecule has 0 unspecified atom stereocenters. The average Bonchev–Trinajstić information content (AvgIpc) is 2.25. The van der Waals surface area contributed by atoms with Crippen LogP contribution in [-0.2, 0) is 0 Å². The van der Waals surface area contributed by atoms with E-state index in [1.54, 1.807) is 12.1 Å². The van der Waals surface area contributed by atoms with Gasteiger partial charge >= 0.3 is 0 Å². The summed E-state index contributed by atoms with van der Waals surface area (Å²) < 4.78 is 0. The maximum absolute atomic E-state index is 9.18. The molecule has 0 radical (unpaired) electrons. The highest BCUT2D eigenvalue weighted by atomic mass is 32.2. The lowest BCUT2D eigenvalue weighted by Crippen LogP contribution is -2.09. The fourth-order valence-corrected chi connectivity index (χ4v) is 2.98. The van der Waals surface area contributed by atoms with Crippen molar-refractivity contribution in [2.75, 3.05) is 0 Å². The summed E-state index contributed by atoms with van der Waals surface area (Å²) in [5, 5.41) is 9.90. The van der Waals surface area contributed by atoms with Crippen LogP contribution in [0.3, 0.4) is 0 Å². The van der Waals surface area contributed by atoms with Crippen LogP contribution in [0.5, 0.6) is 5.75 Å². The number of phenolic OH excluding ortho intramolecular Hbond substituents is 1. The van der Waals surface area contributed by atoms with Gasteiger partial charge in [0.05, 0.1) is 0 Å². The van der Waals surface area contributed by atoms with E-state index in [2.05, 4.69) is 6.58 Å². The van der Waals surface area contributed by atoms with E-state index >= 15 is 0 Å². The summed E-state index contributed by atoms with van der Waals surface area (Å²) in [5.74, 6) is 0.344. The van der Waals surface area contributed by atoms with Crippen molar-refractivity contribution in [3.05, 3.63) is 36.4 Å². The van der Waals surface area contributed by atoms with Crippen LogP contribution in [0, 0.1) is 0 Å². The number of allylic oxidation sites excluding steroid dienone is 1. The van der Waals surface area contributed by atoms with E-state index in [0.717, 1.165) is 5.25 Å². The molecule has 1 N–H and O–H groups in total. The van der Waals surface area contributed by atoms with Crippen molar-refractivity contribution in [3.63, 3.8) is 0 Å². The third-order valence-corrected chi connectivity index (χ3v) is 4.13. The second kappa shape index (κ2) is 4.75. The first kappa shape index (κ1) is 10.6. The Morgan fingerprint density at radius 2 is 1.73 bits per heavy atom. The van der Waals surface area contributed by atoms with E-state index in [1.807, 2.05) is 23.9 Å². The van der Waals surface area contributed by atoms with Crippen molar-refractivity contribution in [2.45, 2.75) is 35.8 Å². The number of phenols is 1. The van der Waals surface area contributed by atoms with Gasteiger partial charge in [-0.1, -0.05) is 12.2 Å². The molecule has 2 rings (SSSR count). The standard InChI is InChI=1S/C13H16OS/c1-10-2-6-12(7-3-10)15-13-8-4-11(14)5-9-13/h4-5,8-9,12,14H,1-3,6-7H2. The summed E-state index contributed by atoms with van der Waals surface area (Å²) in [6.45, 7) is 4.02. The van der Waals surface area contributed by atoms with Gasteiger partial charge in [-0.3, -0.25) is 0 Å². The minimum atomic E-state index is 0.344. The van der Waals surface area contributed by atoms with E-state index in [4.69, 9.17) is 0 Å². The Labute approximate surface area is 95.2 Å². The third kappa shape index (κ3) is 3.03. The summed E-state index contributed by atoms with van der Waals surface area (Å²) in [7, 11) is 0. The molecule has 1 aliphatic rings. The minimum Gasteiger partial charge on any atom is -0.508 e. The monoisotopic (exact) mass is 220 g/mol. The van der Waals surface area contributed by atoms with E-state index in [9.17, 15) is 5.11 Å². The number of rotatable bonds is 2. The van der Waals surface area contributed by atoms with Crippen LogP contribution in [0.25, 0.3) is 0 Å². The summed E-state index contributed by atoms with van der Waals surface area (Å²) in [6.07, 6.45) is 4.83. The number of hydrogen-bond donors (Lipinski definition) is 1. The Balaban J connectivity index is 1.91. The van der Waals surface area contributed by atoms with Crippen LogP contribution in [-0.4, -0.2) is 10.4 Å². The Kier molecular flexibility index (Phi) is 3.37. The molecule has 15 heavy (non-hydrogen) atoms. The molecule has 1 aromatic rings. The molecule has 0 aliphatic heterocycles. The molecule has 0 heterocycles. The van der Waals surface area contributed by atoms with Crippen LogP contribution >= 0.6 is 11.8 Å². The second-order valence-corrected chi connectivity index (χ2v) is 5.43. The maximum Gasteiger partial charge on any atom is 0.115 e. The maximum atomic E-state index is 9.18. The van der Waals surface area contributed by atoms with Gasteiger partial charge in [-0.15, -0.1) is 11.8 Å². The van der Waals surface area contributed by atoms with E-state index in [0.29, 0.717) is 5.75 Å². The lowest BCUT2D eigenvalue weighted by atomic mass is 9.96. The summed E-state index contributed by atoms with van der Waals surface area (Å²) in [4.78, 5) is 1.25.